The van der Waals surface area contributed by atoms with Crippen molar-refractivity contribution in [3.8, 4) is 10.4 Å². The van der Waals surface area contributed by atoms with Gasteiger partial charge in [-0.25, -0.2) is 0 Å². The number of thiophene rings is 1. The van der Waals surface area contributed by atoms with Crippen LogP contribution in [-0.4, -0.2) is 11.1 Å². The van der Waals surface area contributed by atoms with Gasteiger partial charge in [-0.15, -0.1) is 11.3 Å². The number of nitrogens with one attached hydrogen (secondary N) is 1. The summed E-state index contributed by atoms with van der Waals surface area (Å²) in [5.41, 5.74) is 2.10. The van der Waals surface area contributed by atoms with Crippen molar-refractivity contribution in [2.45, 2.75) is 13.8 Å². The normalized spacial score (nSPS) is 10.9. The Kier molecular flexibility index (Phi) is 4.88. The van der Waals surface area contributed by atoms with Gasteiger partial charge < -0.3 is 9.84 Å². The Bertz CT molecular complexity index is 914. The minimum atomic E-state index is -0.279. The zero-order chi connectivity index (χ0) is 17.4. The third kappa shape index (κ3) is 3.30. The van der Waals surface area contributed by atoms with Crippen molar-refractivity contribution in [2.75, 3.05) is 5.32 Å². The quantitative estimate of drug-likeness (QED) is 0.529. The third-order valence-corrected chi connectivity index (χ3v) is 5.50. The molecule has 124 valence electrons. The number of hydrogen-bond donors (Lipinski definition) is 1. The Morgan fingerprint density at radius 3 is 2.50 bits per heavy atom. The van der Waals surface area contributed by atoms with Gasteiger partial charge >= 0.3 is 0 Å². The second kappa shape index (κ2) is 6.76. The molecule has 0 aliphatic carbocycles. The second-order valence-corrected chi connectivity index (χ2v) is 7.37. The Balaban J connectivity index is 1.86. The summed E-state index contributed by atoms with van der Waals surface area (Å²) in [5.74, 6) is 0.437. The zero-order valence-corrected chi connectivity index (χ0v) is 15.7. The summed E-state index contributed by atoms with van der Waals surface area (Å²) < 4.78 is 5.17. The van der Waals surface area contributed by atoms with E-state index in [0.29, 0.717) is 31.4 Å². The highest BCUT2D eigenvalue weighted by molar-refractivity contribution is 7.17. The summed E-state index contributed by atoms with van der Waals surface area (Å²) in [6.07, 6.45) is 0. The lowest BCUT2D eigenvalue weighted by Gasteiger charge is -2.07. The first-order chi connectivity index (χ1) is 11.4. The zero-order valence-electron chi connectivity index (χ0n) is 12.6. The lowest BCUT2D eigenvalue weighted by molar-refractivity contribution is 0.103. The van der Waals surface area contributed by atoms with Gasteiger partial charge in [-0.1, -0.05) is 40.0 Å². The highest BCUT2D eigenvalue weighted by Crippen LogP contribution is 2.35. The molecule has 0 unspecified atom stereocenters. The van der Waals surface area contributed by atoms with Gasteiger partial charge in [0.15, 0.2) is 0 Å². The maximum absolute atomic E-state index is 12.4. The van der Waals surface area contributed by atoms with Gasteiger partial charge in [-0.3, -0.25) is 4.79 Å². The topological polar surface area (TPSA) is 55.1 Å². The number of carbonyl (C=O) groups excluding carboxylic acids is 1. The van der Waals surface area contributed by atoms with Crippen LogP contribution >= 0.6 is 46.1 Å². The Morgan fingerprint density at radius 1 is 1.12 bits per heavy atom. The number of benzene rings is 1. The van der Waals surface area contributed by atoms with E-state index in [-0.39, 0.29) is 5.91 Å². The minimum absolute atomic E-state index is 0.279. The van der Waals surface area contributed by atoms with Crippen molar-refractivity contribution in [3.05, 3.63) is 55.7 Å². The molecule has 8 heteroatoms. The predicted octanol–water partition coefficient (Wildman–Crippen LogP) is 6.23. The van der Waals surface area contributed by atoms with Gasteiger partial charge in [-0.05, 0) is 38.1 Å². The molecule has 1 aromatic carbocycles. The van der Waals surface area contributed by atoms with E-state index in [0.717, 1.165) is 16.1 Å². The number of carbonyl (C=O) groups is 1. The van der Waals surface area contributed by atoms with Crippen LogP contribution in [0.2, 0.25) is 15.1 Å². The number of aryl methyl sites for hydroxylation is 2. The standard InChI is InChI=1S/C16H11Cl3N2O2S/c1-7-15(8(2)23-21-7)13-3-4-14(24-13)16(22)20-12-6-10(18)9(17)5-11(12)19/h3-6H,1-2H3,(H,20,22). The summed E-state index contributed by atoms with van der Waals surface area (Å²) in [6, 6.07) is 6.62. The molecule has 0 atom stereocenters. The van der Waals surface area contributed by atoms with Crippen LogP contribution in [-0.2, 0) is 0 Å². The van der Waals surface area contributed by atoms with Crippen LogP contribution in [0.15, 0.2) is 28.8 Å². The molecule has 0 radical (unpaired) electrons. The lowest BCUT2D eigenvalue weighted by Crippen LogP contribution is -2.10. The summed E-state index contributed by atoms with van der Waals surface area (Å²) in [5, 5.41) is 7.64. The molecule has 0 aliphatic heterocycles. The maximum atomic E-state index is 12.4. The van der Waals surface area contributed by atoms with Crippen molar-refractivity contribution in [3.63, 3.8) is 0 Å². The van der Waals surface area contributed by atoms with Gasteiger partial charge in [0.25, 0.3) is 5.91 Å². The molecule has 4 nitrogen and oxygen atoms in total. The molecular weight excluding hydrogens is 391 g/mol. The van der Waals surface area contributed by atoms with Gasteiger partial charge in [0.2, 0.25) is 0 Å². The molecule has 1 N–H and O–H groups in total. The minimum Gasteiger partial charge on any atom is -0.361 e. The van der Waals surface area contributed by atoms with Gasteiger partial charge in [0.05, 0.1) is 36.9 Å². The number of rotatable bonds is 3. The predicted molar refractivity (Wildman–Crippen MR) is 98.7 cm³/mol. The van der Waals surface area contributed by atoms with E-state index in [9.17, 15) is 4.79 Å². The summed E-state index contributed by atoms with van der Waals surface area (Å²) in [4.78, 5) is 13.9. The van der Waals surface area contributed by atoms with E-state index in [1.165, 1.54) is 23.5 Å². The average molecular weight is 402 g/mol. The van der Waals surface area contributed by atoms with Crippen molar-refractivity contribution in [1.29, 1.82) is 0 Å². The van der Waals surface area contributed by atoms with Crippen LogP contribution < -0.4 is 5.32 Å². The monoisotopic (exact) mass is 400 g/mol. The number of anilines is 1. The first-order valence-corrected chi connectivity index (χ1v) is 8.81. The number of halogens is 3. The molecule has 3 aromatic rings. The summed E-state index contributed by atoms with van der Waals surface area (Å²) >= 11 is 19.3. The van der Waals surface area contributed by atoms with Crippen molar-refractivity contribution >= 4 is 57.7 Å². The molecule has 2 aromatic heterocycles. The maximum Gasteiger partial charge on any atom is 0.265 e. The molecular formula is C16H11Cl3N2O2S. The van der Waals surface area contributed by atoms with Crippen LogP contribution in [0.5, 0.6) is 0 Å². The molecule has 0 fully saturated rings. The molecule has 24 heavy (non-hydrogen) atoms. The van der Waals surface area contributed by atoms with Crippen LogP contribution in [0.3, 0.4) is 0 Å². The van der Waals surface area contributed by atoms with E-state index in [2.05, 4.69) is 10.5 Å². The number of hydrogen-bond acceptors (Lipinski definition) is 4. The van der Waals surface area contributed by atoms with Gasteiger partial charge in [0, 0.05) is 4.88 Å². The number of amides is 1. The highest BCUT2D eigenvalue weighted by atomic mass is 35.5. The largest absolute Gasteiger partial charge is 0.361 e. The fourth-order valence-corrected chi connectivity index (χ4v) is 3.87. The number of aromatic nitrogens is 1. The molecule has 0 aliphatic rings. The Morgan fingerprint density at radius 2 is 1.83 bits per heavy atom. The Labute approximate surface area is 157 Å². The molecule has 2 heterocycles. The molecule has 3 rings (SSSR count). The van der Waals surface area contributed by atoms with Crippen LogP contribution in [0.4, 0.5) is 5.69 Å². The summed E-state index contributed by atoms with van der Waals surface area (Å²) in [6.45, 7) is 3.70. The van der Waals surface area contributed by atoms with Crippen LogP contribution in [0.25, 0.3) is 10.4 Å². The summed E-state index contributed by atoms with van der Waals surface area (Å²) in [7, 11) is 0. The van der Waals surface area contributed by atoms with E-state index in [1.807, 2.05) is 19.9 Å². The molecule has 1 amide bonds. The van der Waals surface area contributed by atoms with Crippen molar-refractivity contribution in [1.82, 2.24) is 5.16 Å². The van der Waals surface area contributed by atoms with Crippen molar-refractivity contribution in [2.24, 2.45) is 0 Å². The third-order valence-electron chi connectivity index (χ3n) is 3.37. The first-order valence-electron chi connectivity index (χ1n) is 6.86. The SMILES string of the molecule is Cc1noc(C)c1-c1ccc(C(=O)Nc2cc(Cl)c(Cl)cc2Cl)s1. The highest BCUT2D eigenvalue weighted by Gasteiger charge is 2.17. The van der Waals surface area contributed by atoms with E-state index in [1.54, 1.807) is 6.07 Å². The first kappa shape index (κ1) is 17.3. The number of nitrogens with zero attached hydrogens (tertiary/aromatic N) is 1. The Hall–Kier alpha value is -1.53. The van der Waals surface area contributed by atoms with Crippen LogP contribution in [0, 0.1) is 13.8 Å². The van der Waals surface area contributed by atoms with E-state index < -0.39 is 0 Å². The molecule has 0 bridgehead atoms. The fraction of sp³-hybridized carbons (Fsp3) is 0.125. The van der Waals surface area contributed by atoms with Gasteiger partial charge in [-0.2, -0.15) is 0 Å². The van der Waals surface area contributed by atoms with E-state index >= 15 is 0 Å². The van der Waals surface area contributed by atoms with Crippen LogP contribution in [0.1, 0.15) is 21.1 Å². The van der Waals surface area contributed by atoms with Gasteiger partial charge in [0.1, 0.15) is 5.76 Å². The molecule has 0 saturated carbocycles. The van der Waals surface area contributed by atoms with E-state index in [4.69, 9.17) is 39.3 Å². The molecule has 0 saturated heterocycles. The average Bonchev–Trinajstić information content (AvgIpc) is 3.11. The second-order valence-electron chi connectivity index (χ2n) is 5.06. The molecule has 0 spiro atoms. The lowest BCUT2D eigenvalue weighted by atomic mass is 10.2. The smallest absolute Gasteiger partial charge is 0.265 e. The fourth-order valence-electron chi connectivity index (χ4n) is 2.23. The van der Waals surface area contributed by atoms with Crippen molar-refractivity contribution < 1.29 is 9.32 Å².